The molecule has 0 unspecified atom stereocenters. The van der Waals surface area contributed by atoms with Crippen molar-refractivity contribution < 1.29 is 19.1 Å². The van der Waals surface area contributed by atoms with E-state index in [-0.39, 0.29) is 28.6 Å². The Labute approximate surface area is 199 Å². The van der Waals surface area contributed by atoms with Crippen molar-refractivity contribution in [2.24, 2.45) is 0 Å². The van der Waals surface area contributed by atoms with E-state index in [2.05, 4.69) is 20.9 Å². The fraction of sp³-hybridized carbons (Fsp3) is 0.0769. The van der Waals surface area contributed by atoms with Gasteiger partial charge < -0.3 is 20.2 Å². The molecule has 0 saturated carbocycles. The van der Waals surface area contributed by atoms with Gasteiger partial charge in [0.1, 0.15) is 5.82 Å². The minimum absolute atomic E-state index is 0.120. The van der Waals surface area contributed by atoms with Gasteiger partial charge in [0.2, 0.25) is 5.78 Å². The van der Waals surface area contributed by atoms with E-state index in [0.29, 0.717) is 33.8 Å². The lowest BCUT2D eigenvalue weighted by Crippen LogP contribution is -2.07. The van der Waals surface area contributed by atoms with E-state index in [0.717, 1.165) is 4.47 Å². The highest BCUT2D eigenvalue weighted by molar-refractivity contribution is 9.10. The third-order valence-corrected chi connectivity index (χ3v) is 5.83. The third kappa shape index (κ3) is 4.27. The van der Waals surface area contributed by atoms with Crippen molar-refractivity contribution in [3.05, 3.63) is 99.7 Å². The van der Waals surface area contributed by atoms with Gasteiger partial charge in [-0.1, -0.05) is 52.3 Å². The first kappa shape index (κ1) is 22.4. The number of hydrogen-bond acceptors (Lipinski definition) is 5. The number of benzene rings is 3. The van der Waals surface area contributed by atoms with Crippen LogP contribution in [0.1, 0.15) is 32.0 Å². The predicted octanol–water partition coefficient (Wildman–Crippen LogP) is 5.51. The maximum Gasteiger partial charge on any atom is 0.209 e. The molecular weight excluding hydrogens is 484 g/mol. The van der Waals surface area contributed by atoms with Gasteiger partial charge in [-0.25, -0.2) is 0 Å². The lowest BCUT2D eigenvalue weighted by atomic mass is 9.93. The summed E-state index contributed by atoms with van der Waals surface area (Å²) in [5.41, 5.74) is 8.68. The van der Waals surface area contributed by atoms with Gasteiger partial charge >= 0.3 is 0 Å². The summed E-state index contributed by atoms with van der Waals surface area (Å²) in [6, 6.07) is 21.0. The van der Waals surface area contributed by atoms with Gasteiger partial charge in [-0.05, 0) is 42.0 Å². The second-order valence-corrected chi connectivity index (χ2v) is 8.18. The molecule has 4 rings (SSSR count). The molecule has 33 heavy (non-hydrogen) atoms. The number of halogens is 1. The summed E-state index contributed by atoms with van der Waals surface area (Å²) in [5.74, 6) is 0.542. The molecule has 3 N–H and O–H groups in total. The molecule has 0 atom stereocenters. The number of carbonyl (C=O) groups excluding carboxylic acids is 2. The number of aromatic nitrogens is 1. The lowest BCUT2D eigenvalue weighted by molar-refractivity contribution is 0.103. The van der Waals surface area contributed by atoms with Gasteiger partial charge in [0.05, 0.1) is 25.5 Å². The number of rotatable bonds is 7. The Balaban J connectivity index is 1.95. The van der Waals surface area contributed by atoms with Crippen LogP contribution in [0.15, 0.2) is 77.3 Å². The molecule has 3 aromatic carbocycles. The molecule has 4 aromatic rings. The monoisotopic (exact) mass is 504 g/mol. The highest BCUT2D eigenvalue weighted by Crippen LogP contribution is 2.39. The molecule has 1 aromatic heterocycles. The molecule has 0 saturated heterocycles. The summed E-state index contributed by atoms with van der Waals surface area (Å²) in [7, 11) is 3.07. The summed E-state index contributed by atoms with van der Waals surface area (Å²) >= 11 is 3.38. The molecule has 0 aliphatic heterocycles. The molecule has 0 aliphatic rings. The SMILES string of the molecule is COc1ccc(-c2c(C(=O)c3ccc(Br)cc3)[nH]c(N)c2C(=O)c2ccccc2)cc1OC. The van der Waals surface area contributed by atoms with Crippen molar-refractivity contribution in [3.8, 4) is 22.6 Å². The summed E-state index contributed by atoms with van der Waals surface area (Å²) in [5, 5.41) is 0. The molecule has 0 aliphatic carbocycles. The summed E-state index contributed by atoms with van der Waals surface area (Å²) < 4.78 is 11.6. The summed E-state index contributed by atoms with van der Waals surface area (Å²) in [6.07, 6.45) is 0. The van der Waals surface area contributed by atoms with Gasteiger partial charge in [-0.3, -0.25) is 9.59 Å². The number of ketones is 2. The highest BCUT2D eigenvalue weighted by Gasteiger charge is 2.28. The second-order valence-electron chi connectivity index (χ2n) is 7.26. The number of carbonyl (C=O) groups is 2. The first-order valence-corrected chi connectivity index (χ1v) is 10.9. The van der Waals surface area contributed by atoms with E-state index in [1.54, 1.807) is 73.8 Å². The minimum Gasteiger partial charge on any atom is -0.493 e. The van der Waals surface area contributed by atoms with Gasteiger partial charge in [0.15, 0.2) is 17.3 Å². The van der Waals surface area contributed by atoms with Gasteiger partial charge in [0, 0.05) is 21.2 Å². The van der Waals surface area contributed by atoms with Gasteiger partial charge in [-0.2, -0.15) is 0 Å². The lowest BCUT2D eigenvalue weighted by Gasteiger charge is -2.12. The summed E-state index contributed by atoms with van der Waals surface area (Å²) in [4.78, 5) is 29.9. The average Bonchev–Trinajstić information content (AvgIpc) is 3.20. The van der Waals surface area contributed by atoms with Crippen molar-refractivity contribution in [1.29, 1.82) is 0 Å². The zero-order valence-corrected chi connectivity index (χ0v) is 19.6. The number of ether oxygens (including phenoxy) is 2. The van der Waals surface area contributed by atoms with Gasteiger partial charge in [0.25, 0.3) is 0 Å². The largest absolute Gasteiger partial charge is 0.493 e. The van der Waals surface area contributed by atoms with Crippen molar-refractivity contribution in [1.82, 2.24) is 4.98 Å². The Morgan fingerprint density at radius 3 is 2.09 bits per heavy atom. The van der Waals surface area contributed by atoms with Crippen LogP contribution in [0.2, 0.25) is 0 Å². The number of hydrogen-bond donors (Lipinski definition) is 2. The van der Waals surface area contributed by atoms with E-state index in [1.807, 2.05) is 6.07 Å². The number of nitrogens with two attached hydrogens (primary N) is 1. The average molecular weight is 505 g/mol. The Kier molecular flexibility index (Phi) is 6.33. The molecule has 7 heteroatoms. The van der Waals surface area contributed by atoms with Crippen LogP contribution in [0.3, 0.4) is 0 Å². The molecule has 1 heterocycles. The molecule has 0 radical (unpaired) electrons. The zero-order chi connectivity index (χ0) is 23.5. The van der Waals surface area contributed by atoms with Crippen LogP contribution in [-0.4, -0.2) is 30.8 Å². The standard InChI is InChI=1S/C26H21BrN2O4/c1-32-19-13-10-17(14-20(19)33-2)21-22(24(30)15-6-4-3-5-7-15)26(28)29-23(21)25(31)16-8-11-18(27)12-9-16/h3-14,29H,28H2,1-2H3. The van der Waals surface area contributed by atoms with E-state index >= 15 is 0 Å². The number of H-pyrrole nitrogens is 1. The topological polar surface area (TPSA) is 94.4 Å². The normalized spacial score (nSPS) is 10.6. The third-order valence-electron chi connectivity index (χ3n) is 5.30. The Morgan fingerprint density at radius 2 is 1.45 bits per heavy atom. The maximum atomic E-state index is 13.5. The van der Waals surface area contributed by atoms with Crippen LogP contribution < -0.4 is 15.2 Å². The van der Waals surface area contributed by atoms with Crippen LogP contribution in [0.5, 0.6) is 11.5 Å². The number of nitrogens with one attached hydrogen (secondary N) is 1. The van der Waals surface area contributed by atoms with Crippen LogP contribution in [0.4, 0.5) is 5.82 Å². The molecular formula is C26H21BrN2O4. The smallest absolute Gasteiger partial charge is 0.209 e. The first-order chi connectivity index (χ1) is 15.9. The van der Waals surface area contributed by atoms with Gasteiger partial charge in [-0.15, -0.1) is 0 Å². The molecule has 0 amide bonds. The van der Waals surface area contributed by atoms with E-state index < -0.39 is 0 Å². The number of nitrogen functional groups attached to an aromatic ring is 1. The van der Waals surface area contributed by atoms with Crippen LogP contribution in [-0.2, 0) is 0 Å². The fourth-order valence-corrected chi connectivity index (χ4v) is 3.95. The van der Waals surface area contributed by atoms with Crippen molar-refractivity contribution >= 4 is 33.3 Å². The first-order valence-electron chi connectivity index (χ1n) is 10.1. The van der Waals surface area contributed by atoms with Crippen molar-refractivity contribution in [2.75, 3.05) is 20.0 Å². The molecule has 0 fully saturated rings. The Bertz CT molecular complexity index is 1330. The molecule has 0 bridgehead atoms. The maximum absolute atomic E-state index is 13.5. The zero-order valence-electron chi connectivity index (χ0n) is 18.0. The number of methoxy groups -OCH3 is 2. The molecule has 0 spiro atoms. The number of aromatic amines is 1. The molecule has 6 nitrogen and oxygen atoms in total. The van der Waals surface area contributed by atoms with E-state index in [4.69, 9.17) is 15.2 Å². The van der Waals surface area contributed by atoms with Crippen LogP contribution in [0, 0.1) is 0 Å². The van der Waals surface area contributed by atoms with Crippen molar-refractivity contribution in [2.45, 2.75) is 0 Å². The quantitative estimate of drug-likeness (QED) is 0.323. The van der Waals surface area contributed by atoms with Crippen LogP contribution in [0.25, 0.3) is 11.1 Å². The minimum atomic E-state index is -0.288. The van der Waals surface area contributed by atoms with Crippen molar-refractivity contribution in [3.63, 3.8) is 0 Å². The second kappa shape index (κ2) is 9.34. The van der Waals surface area contributed by atoms with Crippen LogP contribution >= 0.6 is 15.9 Å². The summed E-state index contributed by atoms with van der Waals surface area (Å²) in [6.45, 7) is 0. The Morgan fingerprint density at radius 1 is 0.818 bits per heavy atom. The highest BCUT2D eigenvalue weighted by atomic mass is 79.9. The Hall–Kier alpha value is -3.84. The van der Waals surface area contributed by atoms with E-state index in [9.17, 15) is 9.59 Å². The fourth-order valence-electron chi connectivity index (χ4n) is 3.69. The predicted molar refractivity (Wildman–Crippen MR) is 131 cm³/mol. The van der Waals surface area contributed by atoms with E-state index in [1.165, 1.54) is 7.11 Å². The molecule has 166 valence electrons. The number of anilines is 1.